The molecule has 3 heterocycles. The molecule has 0 spiro atoms. The van der Waals surface area contributed by atoms with Gasteiger partial charge in [-0.2, -0.15) is 0 Å². The average Bonchev–Trinajstić information content (AvgIpc) is 2.83. The number of aromatic nitrogens is 1. The largest absolute Gasteiger partial charge is 0.461 e. The molecule has 5 rings (SSSR count). The van der Waals surface area contributed by atoms with Crippen LogP contribution < -0.4 is 15.1 Å². The molecule has 0 amide bonds. The van der Waals surface area contributed by atoms with E-state index in [-0.39, 0.29) is 5.97 Å². The van der Waals surface area contributed by atoms with Gasteiger partial charge in [0, 0.05) is 55.0 Å². The predicted octanol–water partition coefficient (Wildman–Crippen LogP) is 3.38. The quantitative estimate of drug-likeness (QED) is 0.658. The van der Waals surface area contributed by atoms with E-state index in [1.807, 2.05) is 13.0 Å². The predicted molar refractivity (Wildman–Crippen MR) is 124 cm³/mol. The third kappa shape index (κ3) is 3.83. The molecule has 1 saturated heterocycles. The highest BCUT2D eigenvalue weighted by molar-refractivity contribution is 5.94. The van der Waals surface area contributed by atoms with E-state index in [4.69, 9.17) is 9.72 Å². The number of nitrogens with one attached hydrogen (secondary N) is 1. The lowest BCUT2D eigenvalue weighted by Gasteiger charge is -2.36. The van der Waals surface area contributed by atoms with Crippen molar-refractivity contribution in [3.63, 3.8) is 0 Å². The van der Waals surface area contributed by atoms with Crippen molar-refractivity contribution >= 4 is 28.1 Å². The topological polar surface area (TPSA) is 57.7 Å². The lowest BCUT2D eigenvalue weighted by atomic mass is 9.99. The fourth-order valence-electron chi connectivity index (χ4n) is 4.71. The molecule has 1 fully saturated rings. The Labute approximate surface area is 182 Å². The van der Waals surface area contributed by atoms with Crippen LogP contribution in [0.15, 0.2) is 48.5 Å². The standard InChI is InChI=1S/C25H28N4O2/c1-2-31-25(30)21-16-24(28-14-11-26-12-15-28)20-10-13-29(17-22(20)27-21)23-9-5-7-18-6-3-4-8-19(18)23/h3-9,16,26H,2,10-15,17H2,1H3. The highest BCUT2D eigenvalue weighted by Gasteiger charge is 2.27. The van der Waals surface area contributed by atoms with E-state index < -0.39 is 0 Å². The van der Waals surface area contributed by atoms with Crippen LogP contribution in [0.25, 0.3) is 10.8 Å². The normalized spacial score (nSPS) is 16.3. The minimum absolute atomic E-state index is 0.344. The summed E-state index contributed by atoms with van der Waals surface area (Å²) in [5, 5.41) is 5.89. The molecular weight excluding hydrogens is 388 g/mol. The molecule has 160 valence electrons. The number of carbonyl (C=O) groups is 1. The van der Waals surface area contributed by atoms with Crippen LogP contribution in [0, 0.1) is 0 Å². The third-order valence-electron chi connectivity index (χ3n) is 6.21. The fraction of sp³-hybridized carbons (Fsp3) is 0.360. The Morgan fingerprint density at radius 2 is 1.84 bits per heavy atom. The van der Waals surface area contributed by atoms with Gasteiger partial charge in [0.05, 0.1) is 18.8 Å². The second-order valence-corrected chi connectivity index (χ2v) is 8.08. The smallest absolute Gasteiger partial charge is 0.356 e. The maximum Gasteiger partial charge on any atom is 0.356 e. The summed E-state index contributed by atoms with van der Waals surface area (Å²) < 4.78 is 5.28. The van der Waals surface area contributed by atoms with Gasteiger partial charge in [-0.3, -0.25) is 0 Å². The van der Waals surface area contributed by atoms with E-state index >= 15 is 0 Å². The van der Waals surface area contributed by atoms with Crippen LogP contribution in [0.5, 0.6) is 0 Å². The van der Waals surface area contributed by atoms with Crippen molar-refractivity contribution in [2.75, 3.05) is 49.1 Å². The summed E-state index contributed by atoms with van der Waals surface area (Å²) >= 11 is 0. The van der Waals surface area contributed by atoms with Gasteiger partial charge in [-0.25, -0.2) is 9.78 Å². The summed E-state index contributed by atoms with van der Waals surface area (Å²) in [5.41, 5.74) is 5.03. The van der Waals surface area contributed by atoms with E-state index in [1.165, 1.54) is 22.0 Å². The van der Waals surface area contributed by atoms with Crippen LogP contribution in [0.1, 0.15) is 28.7 Å². The summed E-state index contributed by atoms with van der Waals surface area (Å²) in [4.78, 5) is 22.1. The Balaban J connectivity index is 1.54. The molecule has 2 aromatic carbocycles. The van der Waals surface area contributed by atoms with Gasteiger partial charge in [0.1, 0.15) is 0 Å². The molecule has 6 heteroatoms. The van der Waals surface area contributed by atoms with Gasteiger partial charge in [0.25, 0.3) is 0 Å². The molecule has 0 radical (unpaired) electrons. The Kier molecular flexibility index (Phi) is 5.47. The number of pyridine rings is 1. The SMILES string of the molecule is CCOC(=O)c1cc(N2CCNCC2)c2c(n1)CN(c1cccc3ccccc13)CC2. The fourth-order valence-corrected chi connectivity index (χ4v) is 4.71. The second kappa shape index (κ2) is 8.55. The Bertz CT molecular complexity index is 1100. The number of hydrogen-bond donors (Lipinski definition) is 1. The van der Waals surface area contributed by atoms with Crippen molar-refractivity contribution in [3.8, 4) is 0 Å². The molecule has 1 N–H and O–H groups in total. The van der Waals surface area contributed by atoms with Gasteiger partial charge in [0.2, 0.25) is 0 Å². The zero-order valence-corrected chi connectivity index (χ0v) is 17.9. The maximum atomic E-state index is 12.6. The van der Waals surface area contributed by atoms with Crippen molar-refractivity contribution in [1.82, 2.24) is 10.3 Å². The number of esters is 1. The van der Waals surface area contributed by atoms with Crippen LogP contribution in [-0.2, 0) is 17.7 Å². The second-order valence-electron chi connectivity index (χ2n) is 8.08. The molecule has 3 aromatic rings. The van der Waals surface area contributed by atoms with E-state index in [0.29, 0.717) is 18.8 Å². The molecule has 31 heavy (non-hydrogen) atoms. The molecule has 6 nitrogen and oxygen atoms in total. The third-order valence-corrected chi connectivity index (χ3v) is 6.21. The number of fused-ring (bicyclic) bond motifs is 2. The van der Waals surface area contributed by atoms with Crippen LogP contribution in [-0.4, -0.2) is 50.3 Å². The van der Waals surface area contributed by atoms with E-state index in [9.17, 15) is 4.79 Å². The first kappa shape index (κ1) is 19.8. The molecular formula is C25H28N4O2. The molecule has 0 unspecified atom stereocenters. The molecule has 2 aliphatic heterocycles. The zero-order valence-electron chi connectivity index (χ0n) is 17.9. The molecule has 0 bridgehead atoms. The first-order chi connectivity index (χ1) is 15.2. The minimum Gasteiger partial charge on any atom is -0.461 e. The summed E-state index contributed by atoms with van der Waals surface area (Å²) in [6.07, 6.45) is 0.911. The van der Waals surface area contributed by atoms with Gasteiger partial charge in [0.15, 0.2) is 5.69 Å². The molecule has 0 aliphatic carbocycles. The van der Waals surface area contributed by atoms with E-state index in [2.05, 4.69) is 57.6 Å². The maximum absolute atomic E-state index is 12.6. The number of ether oxygens (including phenoxy) is 1. The average molecular weight is 417 g/mol. The van der Waals surface area contributed by atoms with Gasteiger partial charge in [-0.05, 0) is 30.9 Å². The molecule has 1 aromatic heterocycles. The van der Waals surface area contributed by atoms with Crippen molar-refractivity contribution in [2.45, 2.75) is 19.9 Å². The van der Waals surface area contributed by atoms with Crippen LogP contribution in [0.2, 0.25) is 0 Å². The number of hydrogen-bond acceptors (Lipinski definition) is 6. The lowest BCUT2D eigenvalue weighted by Crippen LogP contribution is -2.44. The van der Waals surface area contributed by atoms with Crippen molar-refractivity contribution < 1.29 is 9.53 Å². The summed E-state index contributed by atoms with van der Waals surface area (Å²) in [7, 11) is 0. The van der Waals surface area contributed by atoms with Gasteiger partial charge in [-0.1, -0.05) is 36.4 Å². The van der Waals surface area contributed by atoms with Gasteiger partial charge < -0.3 is 19.9 Å². The Hall–Kier alpha value is -3.12. The Morgan fingerprint density at radius 1 is 1.03 bits per heavy atom. The first-order valence-electron chi connectivity index (χ1n) is 11.1. The number of benzene rings is 2. The lowest BCUT2D eigenvalue weighted by molar-refractivity contribution is 0.0519. The highest BCUT2D eigenvalue weighted by Crippen LogP contribution is 2.34. The first-order valence-corrected chi connectivity index (χ1v) is 11.1. The van der Waals surface area contributed by atoms with Gasteiger partial charge >= 0.3 is 5.97 Å². The monoisotopic (exact) mass is 416 g/mol. The zero-order chi connectivity index (χ0) is 21.2. The highest BCUT2D eigenvalue weighted by atomic mass is 16.5. The van der Waals surface area contributed by atoms with Crippen molar-refractivity contribution in [3.05, 3.63) is 65.5 Å². The number of nitrogens with zero attached hydrogens (tertiary/aromatic N) is 3. The Morgan fingerprint density at radius 3 is 2.68 bits per heavy atom. The van der Waals surface area contributed by atoms with Crippen LogP contribution in [0.3, 0.4) is 0 Å². The van der Waals surface area contributed by atoms with Crippen LogP contribution in [0.4, 0.5) is 11.4 Å². The summed E-state index contributed by atoms with van der Waals surface area (Å²) in [5.74, 6) is -0.344. The number of piperazine rings is 1. The minimum atomic E-state index is -0.344. The van der Waals surface area contributed by atoms with Crippen LogP contribution >= 0.6 is 0 Å². The van der Waals surface area contributed by atoms with Crippen molar-refractivity contribution in [2.24, 2.45) is 0 Å². The molecule has 0 atom stereocenters. The van der Waals surface area contributed by atoms with E-state index in [1.54, 1.807) is 0 Å². The number of anilines is 2. The van der Waals surface area contributed by atoms with Crippen molar-refractivity contribution in [1.29, 1.82) is 0 Å². The number of rotatable bonds is 4. The van der Waals surface area contributed by atoms with E-state index in [0.717, 1.165) is 50.5 Å². The number of carbonyl (C=O) groups excluding carboxylic acids is 1. The van der Waals surface area contributed by atoms with Gasteiger partial charge in [-0.15, -0.1) is 0 Å². The summed E-state index contributed by atoms with van der Waals surface area (Å²) in [6, 6.07) is 16.9. The molecule has 0 saturated carbocycles. The summed E-state index contributed by atoms with van der Waals surface area (Å²) in [6.45, 7) is 7.58. The molecule has 2 aliphatic rings.